The van der Waals surface area contributed by atoms with Crippen molar-refractivity contribution in [2.24, 2.45) is 11.3 Å². The van der Waals surface area contributed by atoms with Gasteiger partial charge >= 0.3 is 0 Å². The predicted molar refractivity (Wildman–Crippen MR) is 106 cm³/mol. The van der Waals surface area contributed by atoms with Gasteiger partial charge in [0, 0.05) is 18.7 Å². The van der Waals surface area contributed by atoms with Crippen LogP contribution in [-0.4, -0.2) is 39.0 Å². The molecule has 1 aromatic rings. The second kappa shape index (κ2) is 8.71. The Kier molecular flexibility index (Phi) is 7.05. The number of carbonyl (C=O) groups excluding carboxylic acids is 1. The Bertz CT molecular complexity index is 753. The predicted octanol–water partition coefficient (Wildman–Crippen LogP) is 3.59. The van der Waals surface area contributed by atoms with Crippen molar-refractivity contribution >= 4 is 15.9 Å². The normalized spacial score (nSPS) is 21.3. The van der Waals surface area contributed by atoms with E-state index in [1.54, 1.807) is 12.1 Å². The molecule has 6 nitrogen and oxygen atoms in total. The maximum absolute atomic E-state index is 12.6. The highest BCUT2D eigenvalue weighted by molar-refractivity contribution is 7.89. The van der Waals surface area contributed by atoms with Gasteiger partial charge in [-0.05, 0) is 55.2 Å². The quantitative estimate of drug-likeness (QED) is 0.715. The Morgan fingerprint density at radius 3 is 2.44 bits per heavy atom. The molecule has 0 spiro atoms. The van der Waals surface area contributed by atoms with E-state index in [2.05, 4.69) is 26.1 Å². The summed E-state index contributed by atoms with van der Waals surface area (Å²) in [5, 5.41) is 3.07. The lowest BCUT2D eigenvalue weighted by Gasteiger charge is -2.39. The molecule has 1 aromatic carbocycles. The fraction of sp³-hybridized carbons (Fsp3) is 0.650. The lowest BCUT2D eigenvalue weighted by atomic mass is 9.69. The number of sulfonamides is 1. The Morgan fingerprint density at radius 2 is 1.89 bits per heavy atom. The van der Waals surface area contributed by atoms with Crippen LogP contribution in [0.2, 0.25) is 0 Å². The lowest BCUT2D eigenvalue weighted by molar-refractivity contribution is -0.0258. The number of hydrogen-bond donors (Lipinski definition) is 1. The second-order valence-electron chi connectivity index (χ2n) is 7.99. The first-order chi connectivity index (χ1) is 12.6. The molecule has 1 fully saturated rings. The maximum atomic E-state index is 12.6. The summed E-state index contributed by atoms with van der Waals surface area (Å²) in [6, 6.07) is 6.20. The highest BCUT2D eigenvalue weighted by atomic mass is 32.2. The van der Waals surface area contributed by atoms with Gasteiger partial charge in [-0.25, -0.2) is 8.42 Å². The molecule has 0 radical (unpaired) electrons. The molecule has 0 aliphatic heterocycles. The Hall–Kier alpha value is -1.44. The summed E-state index contributed by atoms with van der Waals surface area (Å²) in [7, 11) is -1.17. The zero-order valence-electron chi connectivity index (χ0n) is 17.0. The third-order valence-corrected chi connectivity index (χ3v) is 7.74. The van der Waals surface area contributed by atoms with Gasteiger partial charge in [0.1, 0.15) is 0 Å². The molecule has 0 aromatic heterocycles. The summed E-state index contributed by atoms with van der Waals surface area (Å²) >= 11 is 0. The molecule has 1 aliphatic rings. The van der Waals surface area contributed by atoms with Crippen molar-refractivity contribution in [2.45, 2.75) is 63.8 Å². The van der Waals surface area contributed by atoms with Crippen molar-refractivity contribution in [2.75, 3.05) is 14.2 Å². The molecule has 2 rings (SSSR count). The smallest absolute Gasteiger partial charge is 0.264 e. The van der Waals surface area contributed by atoms with E-state index in [9.17, 15) is 13.2 Å². The first-order valence-electron chi connectivity index (χ1n) is 9.55. The average Bonchev–Trinajstić information content (AvgIpc) is 2.67. The van der Waals surface area contributed by atoms with Crippen LogP contribution in [0.25, 0.3) is 0 Å². The van der Waals surface area contributed by atoms with Crippen molar-refractivity contribution in [1.82, 2.24) is 9.79 Å². The van der Waals surface area contributed by atoms with Gasteiger partial charge in [0.2, 0.25) is 0 Å². The van der Waals surface area contributed by atoms with E-state index in [-0.39, 0.29) is 16.8 Å². The fourth-order valence-electron chi connectivity index (χ4n) is 3.62. The number of rotatable bonds is 7. The van der Waals surface area contributed by atoms with Crippen LogP contribution in [0.5, 0.6) is 0 Å². The molecule has 0 heterocycles. The highest BCUT2D eigenvalue weighted by Crippen LogP contribution is 2.40. The number of hydroxylamine groups is 1. The minimum atomic E-state index is -3.77. The van der Waals surface area contributed by atoms with E-state index in [0.717, 1.165) is 36.6 Å². The number of hydrogen-bond acceptors (Lipinski definition) is 4. The van der Waals surface area contributed by atoms with Gasteiger partial charge in [-0.15, -0.1) is 0 Å². The third kappa shape index (κ3) is 5.09. The molecule has 1 saturated carbocycles. The Balaban J connectivity index is 2.03. The third-order valence-electron chi connectivity index (χ3n) is 6.07. The van der Waals surface area contributed by atoms with Gasteiger partial charge in [-0.1, -0.05) is 37.7 Å². The van der Waals surface area contributed by atoms with Crippen LogP contribution >= 0.6 is 0 Å². The van der Waals surface area contributed by atoms with Gasteiger partial charge in [0.05, 0.1) is 12.0 Å². The van der Waals surface area contributed by atoms with Gasteiger partial charge in [-0.2, -0.15) is 0 Å². The van der Waals surface area contributed by atoms with Crippen LogP contribution in [0.3, 0.4) is 0 Å². The van der Waals surface area contributed by atoms with Crippen molar-refractivity contribution in [3.05, 3.63) is 29.8 Å². The van der Waals surface area contributed by atoms with Crippen LogP contribution in [0.15, 0.2) is 29.2 Å². The van der Waals surface area contributed by atoms with E-state index in [1.165, 1.54) is 26.3 Å². The summed E-state index contributed by atoms with van der Waals surface area (Å²) in [6.07, 6.45) is 5.30. The molecule has 152 valence electrons. The summed E-state index contributed by atoms with van der Waals surface area (Å²) in [5.41, 5.74) is 0.682. The van der Waals surface area contributed by atoms with Crippen LogP contribution in [0.4, 0.5) is 0 Å². The molecule has 1 amide bonds. The molecule has 1 aliphatic carbocycles. The molecular weight excluding hydrogens is 364 g/mol. The van der Waals surface area contributed by atoms with E-state index in [4.69, 9.17) is 4.84 Å². The monoisotopic (exact) mass is 396 g/mol. The van der Waals surface area contributed by atoms with Crippen LogP contribution < -0.4 is 5.32 Å². The molecule has 7 heteroatoms. The first-order valence-corrected chi connectivity index (χ1v) is 11.0. The highest BCUT2D eigenvalue weighted by Gasteiger charge is 2.32. The van der Waals surface area contributed by atoms with E-state index < -0.39 is 10.0 Å². The van der Waals surface area contributed by atoms with E-state index >= 15 is 0 Å². The largest absolute Gasteiger partial charge is 0.349 e. The average molecular weight is 397 g/mol. The summed E-state index contributed by atoms with van der Waals surface area (Å²) < 4.78 is 25.5. The first kappa shape index (κ1) is 21.9. The SMILES string of the molecule is CCC(C)(C)C1CCC(NC(=O)c2cccc(S(=O)(=O)N(C)OC)c2)CC1. The summed E-state index contributed by atoms with van der Waals surface area (Å²) in [5.74, 6) is 0.457. The van der Waals surface area contributed by atoms with Crippen LogP contribution in [0, 0.1) is 11.3 Å². The van der Waals surface area contributed by atoms with E-state index in [0.29, 0.717) is 16.9 Å². The van der Waals surface area contributed by atoms with Crippen molar-refractivity contribution in [1.29, 1.82) is 0 Å². The van der Waals surface area contributed by atoms with Gasteiger partial charge in [0.25, 0.3) is 15.9 Å². The van der Waals surface area contributed by atoms with Gasteiger partial charge in [-0.3, -0.25) is 9.63 Å². The topological polar surface area (TPSA) is 75.7 Å². The lowest BCUT2D eigenvalue weighted by Crippen LogP contribution is -2.40. The Morgan fingerprint density at radius 1 is 1.26 bits per heavy atom. The van der Waals surface area contributed by atoms with Gasteiger partial charge in [0.15, 0.2) is 0 Å². The van der Waals surface area contributed by atoms with E-state index in [1.807, 2.05) is 0 Å². The number of carbonyl (C=O) groups is 1. The molecule has 0 saturated heterocycles. The fourth-order valence-corrected chi connectivity index (χ4v) is 4.64. The maximum Gasteiger partial charge on any atom is 0.264 e. The number of amides is 1. The van der Waals surface area contributed by atoms with Crippen molar-refractivity contribution in [3.8, 4) is 0 Å². The summed E-state index contributed by atoms with van der Waals surface area (Å²) in [6.45, 7) is 6.87. The van der Waals surface area contributed by atoms with Crippen LogP contribution in [-0.2, 0) is 14.9 Å². The van der Waals surface area contributed by atoms with Crippen molar-refractivity contribution in [3.63, 3.8) is 0 Å². The molecule has 27 heavy (non-hydrogen) atoms. The van der Waals surface area contributed by atoms with Gasteiger partial charge < -0.3 is 5.32 Å². The molecule has 0 bridgehead atoms. The summed E-state index contributed by atoms with van der Waals surface area (Å²) in [4.78, 5) is 17.4. The van der Waals surface area contributed by atoms with Crippen LogP contribution in [0.1, 0.15) is 63.2 Å². The standard InChI is InChI=1S/C20H32N2O4S/c1-6-20(2,3)16-10-12-17(13-11-16)21-19(23)15-8-7-9-18(14-15)27(24,25)22(4)26-5/h7-9,14,16-17H,6,10-13H2,1-5H3,(H,21,23). The molecule has 1 N–H and O–H groups in total. The minimum Gasteiger partial charge on any atom is -0.349 e. The minimum absolute atomic E-state index is 0.0351. The van der Waals surface area contributed by atoms with Crippen molar-refractivity contribution < 1.29 is 18.0 Å². The molecule has 0 atom stereocenters. The number of nitrogens with zero attached hydrogens (tertiary/aromatic N) is 1. The molecule has 0 unspecified atom stereocenters. The zero-order chi connectivity index (χ0) is 20.2. The number of nitrogens with one attached hydrogen (secondary N) is 1. The second-order valence-corrected chi connectivity index (χ2v) is 9.93. The zero-order valence-corrected chi connectivity index (χ0v) is 17.8. The number of benzene rings is 1. The Labute approximate surface area is 163 Å². The molecular formula is C20H32N2O4S.